The van der Waals surface area contributed by atoms with Gasteiger partial charge < -0.3 is 4.74 Å². The number of esters is 1. The maximum Gasteiger partial charge on any atom is 0.319 e. The van der Waals surface area contributed by atoms with Crippen molar-refractivity contribution < 1.29 is 19.2 Å². The highest BCUT2D eigenvalue weighted by Gasteiger charge is 2.54. The van der Waals surface area contributed by atoms with Gasteiger partial charge in [-0.3, -0.25) is 19.7 Å². The van der Waals surface area contributed by atoms with Crippen LogP contribution in [0.1, 0.15) is 33.3 Å². The van der Waals surface area contributed by atoms with E-state index in [1.165, 1.54) is 12.1 Å². The maximum absolute atomic E-state index is 12.5. The zero-order valence-corrected chi connectivity index (χ0v) is 13.5. The van der Waals surface area contributed by atoms with Crippen molar-refractivity contribution in [1.82, 2.24) is 0 Å². The maximum atomic E-state index is 12.5. The van der Waals surface area contributed by atoms with E-state index < -0.39 is 27.8 Å². The number of hydrogen-bond acceptors (Lipinski definition) is 5. The van der Waals surface area contributed by atoms with Gasteiger partial charge >= 0.3 is 5.97 Å². The predicted octanol–water partition coefficient (Wildman–Crippen LogP) is 3.15. The summed E-state index contributed by atoms with van der Waals surface area (Å²) < 4.78 is 5.41. The van der Waals surface area contributed by atoms with E-state index in [1.54, 1.807) is 52.0 Å². The number of cyclic esters (lactones) is 1. The summed E-state index contributed by atoms with van der Waals surface area (Å²) in [6, 6.07) is 6.09. The molecule has 1 atom stereocenters. The minimum atomic E-state index is -1.17. The number of hydrogen-bond donors (Lipinski definition) is 0. The van der Waals surface area contributed by atoms with E-state index in [9.17, 15) is 19.7 Å². The second-order valence-corrected chi connectivity index (χ2v) is 6.71. The highest BCUT2D eigenvalue weighted by atomic mass is 16.6. The first-order chi connectivity index (χ1) is 10.6. The molecule has 0 aromatic heterocycles. The average molecular weight is 317 g/mol. The van der Waals surface area contributed by atoms with Crippen molar-refractivity contribution in [2.24, 2.45) is 10.8 Å². The summed E-state index contributed by atoms with van der Waals surface area (Å²) in [6.45, 7) is 6.57. The summed E-state index contributed by atoms with van der Waals surface area (Å²) in [7, 11) is 0. The van der Waals surface area contributed by atoms with E-state index in [-0.39, 0.29) is 11.5 Å². The van der Waals surface area contributed by atoms with Gasteiger partial charge in [-0.15, -0.1) is 0 Å². The smallest absolute Gasteiger partial charge is 0.319 e. The van der Waals surface area contributed by atoms with Gasteiger partial charge in [0.05, 0.1) is 10.3 Å². The average Bonchev–Trinajstić information content (AvgIpc) is 2.49. The molecule has 1 aliphatic heterocycles. The Labute approximate surface area is 134 Å². The molecule has 6 heteroatoms. The van der Waals surface area contributed by atoms with Crippen LogP contribution in [0.4, 0.5) is 5.69 Å². The fourth-order valence-electron chi connectivity index (χ4n) is 2.66. The first-order valence-electron chi connectivity index (χ1n) is 7.25. The molecule has 1 heterocycles. The lowest BCUT2D eigenvalue weighted by Crippen LogP contribution is -2.55. The summed E-state index contributed by atoms with van der Waals surface area (Å²) in [6.07, 6.45) is 2.51. The third-order valence-electron chi connectivity index (χ3n) is 4.15. The lowest BCUT2D eigenvalue weighted by atomic mass is 9.68. The molecule has 0 radical (unpaired) electrons. The summed E-state index contributed by atoms with van der Waals surface area (Å²) >= 11 is 0. The molecule has 0 saturated carbocycles. The Balaban J connectivity index is 2.29. The highest BCUT2D eigenvalue weighted by Crippen LogP contribution is 2.40. The summed E-state index contributed by atoms with van der Waals surface area (Å²) in [5.41, 5.74) is -1.46. The van der Waals surface area contributed by atoms with Crippen LogP contribution in [-0.2, 0) is 14.3 Å². The van der Waals surface area contributed by atoms with Crippen LogP contribution in [0.2, 0.25) is 0 Å². The Morgan fingerprint density at radius 2 is 1.87 bits per heavy atom. The number of ketones is 1. The van der Waals surface area contributed by atoms with E-state index in [4.69, 9.17) is 4.74 Å². The lowest BCUT2D eigenvalue weighted by Gasteiger charge is -2.41. The molecule has 2 rings (SSSR count). The first-order valence-corrected chi connectivity index (χ1v) is 7.25. The number of non-ortho nitro benzene ring substituents is 1. The van der Waals surface area contributed by atoms with Crippen LogP contribution in [0.5, 0.6) is 0 Å². The van der Waals surface area contributed by atoms with E-state index in [0.717, 1.165) is 0 Å². The Morgan fingerprint density at radius 1 is 1.22 bits per heavy atom. The van der Waals surface area contributed by atoms with Crippen LogP contribution in [0, 0.1) is 20.9 Å². The molecule has 1 aromatic carbocycles. The third-order valence-corrected chi connectivity index (χ3v) is 4.15. The molecule has 1 fully saturated rings. The van der Waals surface area contributed by atoms with Gasteiger partial charge in [0, 0.05) is 12.1 Å². The number of nitrogens with zero attached hydrogens (tertiary/aromatic N) is 1. The van der Waals surface area contributed by atoms with Crippen molar-refractivity contribution in [3.8, 4) is 0 Å². The molecule has 0 spiro atoms. The van der Waals surface area contributed by atoms with E-state index in [0.29, 0.717) is 5.56 Å². The molecule has 0 N–H and O–H groups in total. The number of ether oxygens (including phenoxy) is 1. The number of carbonyl (C=O) groups is 2. The zero-order chi connectivity index (χ0) is 17.4. The van der Waals surface area contributed by atoms with Crippen molar-refractivity contribution in [1.29, 1.82) is 0 Å². The quantitative estimate of drug-likeness (QED) is 0.370. The fourth-order valence-corrected chi connectivity index (χ4v) is 2.66. The van der Waals surface area contributed by atoms with Crippen molar-refractivity contribution in [2.75, 3.05) is 0 Å². The molecule has 0 bridgehead atoms. The molecule has 1 aliphatic rings. The largest absolute Gasteiger partial charge is 0.456 e. The standard InChI is InChI=1S/C17H19NO5/c1-16(2)13(23-15(20)17(3,4)14(16)19)9-8-11-6-5-7-12(10-11)18(21)22/h5-10,13H,1-4H3/b9-8-/t13-/m0/s1. The monoisotopic (exact) mass is 317 g/mol. The van der Waals surface area contributed by atoms with E-state index in [1.807, 2.05) is 0 Å². The number of rotatable bonds is 3. The molecule has 1 aromatic rings. The van der Waals surface area contributed by atoms with Crippen LogP contribution in [0.3, 0.4) is 0 Å². The third kappa shape index (κ3) is 3.02. The second-order valence-electron chi connectivity index (χ2n) is 6.71. The van der Waals surface area contributed by atoms with Gasteiger partial charge in [0.15, 0.2) is 5.78 Å². The second kappa shape index (κ2) is 5.61. The van der Waals surface area contributed by atoms with Gasteiger partial charge in [-0.1, -0.05) is 18.2 Å². The molecule has 1 saturated heterocycles. The molecule has 6 nitrogen and oxygen atoms in total. The van der Waals surface area contributed by atoms with Gasteiger partial charge in [-0.05, 0) is 39.3 Å². The molecule has 0 aliphatic carbocycles. The molecule has 122 valence electrons. The van der Waals surface area contributed by atoms with Crippen molar-refractivity contribution >= 4 is 23.5 Å². The molecule has 23 heavy (non-hydrogen) atoms. The van der Waals surface area contributed by atoms with Crippen LogP contribution in [0.15, 0.2) is 30.3 Å². The number of benzene rings is 1. The number of Topliss-reactive ketones (excluding diaryl/α,β-unsaturated/α-hetero) is 1. The minimum Gasteiger partial charge on any atom is -0.456 e. The minimum absolute atomic E-state index is 0.0238. The van der Waals surface area contributed by atoms with E-state index >= 15 is 0 Å². The Kier molecular flexibility index (Phi) is 4.11. The normalized spacial score (nSPS) is 22.9. The van der Waals surface area contributed by atoms with Crippen molar-refractivity contribution in [3.63, 3.8) is 0 Å². The lowest BCUT2D eigenvalue weighted by molar-refractivity contribution is -0.384. The zero-order valence-electron chi connectivity index (χ0n) is 13.5. The topological polar surface area (TPSA) is 86.5 Å². The predicted molar refractivity (Wildman–Crippen MR) is 84.6 cm³/mol. The highest BCUT2D eigenvalue weighted by molar-refractivity contribution is 6.07. The van der Waals surface area contributed by atoms with Crippen molar-refractivity contribution in [2.45, 2.75) is 33.8 Å². The first kappa shape index (κ1) is 16.9. The van der Waals surface area contributed by atoms with Crippen LogP contribution in [0.25, 0.3) is 6.08 Å². The Morgan fingerprint density at radius 3 is 2.48 bits per heavy atom. The number of carbonyl (C=O) groups excluding carboxylic acids is 2. The summed E-state index contributed by atoms with van der Waals surface area (Å²) in [5.74, 6) is -0.745. The van der Waals surface area contributed by atoms with Crippen LogP contribution >= 0.6 is 0 Å². The summed E-state index contributed by atoms with van der Waals surface area (Å²) in [5, 5.41) is 10.8. The fraction of sp³-hybridized carbons (Fsp3) is 0.412. The van der Waals surface area contributed by atoms with Crippen LogP contribution in [-0.4, -0.2) is 22.8 Å². The SMILES string of the molecule is CC1(C)C(=O)O[C@@H](/C=C\c2cccc([N+](=O)[O-])c2)C(C)(C)C1=O. The van der Waals surface area contributed by atoms with E-state index in [2.05, 4.69) is 0 Å². The number of nitro groups is 1. The molecular formula is C17H19NO5. The number of nitro benzene ring substituents is 1. The Bertz CT molecular complexity index is 703. The van der Waals surface area contributed by atoms with Gasteiger partial charge in [0.1, 0.15) is 11.5 Å². The van der Waals surface area contributed by atoms with Gasteiger partial charge in [0.25, 0.3) is 5.69 Å². The van der Waals surface area contributed by atoms with Gasteiger partial charge in [-0.2, -0.15) is 0 Å². The van der Waals surface area contributed by atoms with Crippen LogP contribution < -0.4 is 0 Å². The summed E-state index contributed by atoms with van der Waals surface area (Å²) in [4.78, 5) is 34.8. The van der Waals surface area contributed by atoms with Gasteiger partial charge in [-0.25, -0.2) is 0 Å². The molecular weight excluding hydrogens is 298 g/mol. The molecule has 0 unspecified atom stereocenters. The Hall–Kier alpha value is -2.50. The van der Waals surface area contributed by atoms with Crippen molar-refractivity contribution in [3.05, 3.63) is 46.0 Å². The molecule has 0 amide bonds. The van der Waals surface area contributed by atoms with Gasteiger partial charge in [0.2, 0.25) is 0 Å².